The van der Waals surface area contributed by atoms with Gasteiger partial charge in [-0.3, -0.25) is 0 Å². The first-order chi connectivity index (χ1) is 8.22. The first-order valence-electron chi connectivity index (χ1n) is 5.44. The molecule has 0 aliphatic rings. The maximum atomic E-state index is 9.17. The highest BCUT2D eigenvalue weighted by atomic mass is 32.2. The highest BCUT2D eigenvalue weighted by Crippen LogP contribution is 2.11. The molecule has 0 aromatic carbocycles. The van der Waals surface area contributed by atoms with Crippen LogP contribution in [0.15, 0.2) is 18.3 Å². The van der Waals surface area contributed by atoms with Gasteiger partial charge < -0.3 is 10.4 Å². The van der Waals surface area contributed by atoms with Crippen LogP contribution >= 0.6 is 11.8 Å². The van der Waals surface area contributed by atoms with E-state index in [2.05, 4.69) is 16.4 Å². The Labute approximate surface area is 106 Å². The molecule has 0 bridgehead atoms. The number of aliphatic hydroxyl groups excluding tert-OH is 1. The fraction of sp³-hybridized carbons (Fsp3) is 0.500. The first-order valence-corrected chi connectivity index (χ1v) is 6.72. The van der Waals surface area contributed by atoms with E-state index in [1.807, 2.05) is 25.3 Å². The summed E-state index contributed by atoms with van der Waals surface area (Å²) in [6.45, 7) is 2.77. The minimum atomic E-state index is 0.146. The summed E-state index contributed by atoms with van der Waals surface area (Å²) in [5.74, 6) is 0. The van der Waals surface area contributed by atoms with Crippen molar-refractivity contribution in [2.24, 2.45) is 0 Å². The fourth-order valence-electron chi connectivity index (χ4n) is 1.52. The molecule has 17 heavy (non-hydrogen) atoms. The lowest BCUT2D eigenvalue weighted by Gasteiger charge is -2.21. The summed E-state index contributed by atoms with van der Waals surface area (Å²) < 4.78 is 0. The second-order valence-corrected chi connectivity index (χ2v) is 4.83. The first kappa shape index (κ1) is 14.0. The van der Waals surface area contributed by atoms with Crippen molar-refractivity contribution in [3.63, 3.8) is 0 Å². The van der Waals surface area contributed by atoms with Crippen molar-refractivity contribution in [3.8, 4) is 6.07 Å². The summed E-state index contributed by atoms with van der Waals surface area (Å²) in [7, 11) is 0. The van der Waals surface area contributed by atoms with E-state index >= 15 is 0 Å². The highest BCUT2D eigenvalue weighted by molar-refractivity contribution is 7.99. The van der Waals surface area contributed by atoms with Crippen LogP contribution in [-0.4, -0.2) is 34.2 Å². The van der Waals surface area contributed by atoms with Gasteiger partial charge >= 0.3 is 0 Å². The predicted octanol–water partition coefficient (Wildman–Crippen LogP) is 1.16. The van der Waals surface area contributed by atoms with Gasteiger partial charge in [0.05, 0.1) is 6.61 Å². The molecule has 0 saturated carbocycles. The number of nitriles is 1. The van der Waals surface area contributed by atoms with Gasteiger partial charge in [-0.2, -0.15) is 17.0 Å². The molecule has 1 rings (SSSR count). The Bertz CT molecular complexity index is 388. The standard InChI is InChI=1S/C12H17N3OS/c1-9(12(8-16)17-2)15-7-10-4-3-5-14-11(10)6-13/h3-5,9,12,15-16H,7-8H2,1-2H3. The molecule has 0 saturated heterocycles. The Morgan fingerprint density at radius 2 is 2.41 bits per heavy atom. The molecular formula is C12H17N3OS. The molecule has 0 spiro atoms. The van der Waals surface area contributed by atoms with Crippen molar-refractivity contribution in [1.82, 2.24) is 10.3 Å². The Morgan fingerprint density at radius 3 is 3.00 bits per heavy atom. The Morgan fingerprint density at radius 1 is 1.65 bits per heavy atom. The molecule has 4 nitrogen and oxygen atoms in total. The van der Waals surface area contributed by atoms with Crippen LogP contribution in [0.1, 0.15) is 18.2 Å². The number of nitrogens with zero attached hydrogens (tertiary/aromatic N) is 2. The fourth-order valence-corrected chi connectivity index (χ4v) is 2.17. The molecule has 2 unspecified atom stereocenters. The van der Waals surface area contributed by atoms with Gasteiger partial charge in [0.2, 0.25) is 0 Å². The smallest absolute Gasteiger partial charge is 0.144 e. The lowest BCUT2D eigenvalue weighted by Crippen LogP contribution is -2.37. The quantitative estimate of drug-likeness (QED) is 0.794. The molecule has 5 heteroatoms. The summed E-state index contributed by atoms with van der Waals surface area (Å²) in [6, 6.07) is 5.96. The van der Waals surface area contributed by atoms with Crippen molar-refractivity contribution < 1.29 is 5.11 Å². The summed E-state index contributed by atoms with van der Waals surface area (Å²) in [5.41, 5.74) is 1.34. The summed E-state index contributed by atoms with van der Waals surface area (Å²) in [5, 5.41) is 21.5. The molecule has 1 aromatic rings. The SMILES string of the molecule is CSC(CO)C(C)NCc1cccnc1C#N. The number of hydrogen-bond donors (Lipinski definition) is 2. The van der Waals surface area contributed by atoms with Gasteiger partial charge in [-0.25, -0.2) is 4.98 Å². The van der Waals surface area contributed by atoms with Crippen molar-refractivity contribution in [3.05, 3.63) is 29.6 Å². The van der Waals surface area contributed by atoms with Crippen LogP contribution < -0.4 is 5.32 Å². The van der Waals surface area contributed by atoms with E-state index in [1.165, 1.54) is 0 Å². The molecule has 1 aromatic heterocycles. The van der Waals surface area contributed by atoms with Crippen LogP contribution in [0.3, 0.4) is 0 Å². The topological polar surface area (TPSA) is 68.9 Å². The van der Waals surface area contributed by atoms with Crippen molar-refractivity contribution in [2.45, 2.75) is 24.8 Å². The van der Waals surface area contributed by atoms with Gasteiger partial charge in [-0.1, -0.05) is 6.07 Å². The summed E-state index contributed by atoms with van der Waals surface area (Å²) in [4.78, 5) is 4.00. The molecular weight excluding hydrogens is 234 g/mol. The van der Waals surface area contributed by atoms with Crippen molar-refractivity contribution in [2.75, 3.05) is 12.9 Å². The number of hydrogen-bond acceptors (Lipinski definition) is 5. The van der Waals surface area contributed by atoms with Crippen LogP contribution in [0, 0.1) is 11.3 Å². The zero-order valence-corrected chi connectivity index (χ0v) is 10.9. The second kappa shape index (κ2) is 7.28. The van der Waals surface area contributed by atoms with Gasteiger partial charge in [-0.05, 0) is 19.2 Å². The van der Waals surface area contributed by atoms with Crippen LogP contribution in [0.2, 0.25) is 0 Å². The average Bonchev–Trinajstić information content (AvgIpc) is 2.38. The number of nitrogens with one attached hydrogen (secondary N) is 1. The molecule has 0 aliphatic heterocycles. The van der Waals surface area contributed by atoms with Crippen LogP contribution in [0.4, 0.5) is 0 Å². The van der Waals surface area contributed by atoms with E-state index < -0.39 is 0 Å². The molecule has 0 radical (unpaired) electrons. The summed E-state index contributed by atoms with van der Waals surface area (Å²) >= 11 is 1.63. The van der Waals surface area contributed by atoms with Gasteiger partial charge in [0.1, 0.15) is 11.8 Å². The third kappa shape index (κ3) is 4.00. The third-order valence-electron chi connectivity index (χ3n) is 2.65. The van der Waals surface area contributed by atoms with E-state index in [4.69, 9.17) is 10.4 Å². The van der Waals surface area contributed by atoms with E-state index in [1.54, 1.807) is 18.0 Å². The average molecular weight is 251 g/mol. The lowest BCUT2D eigenvalue weighted by atomic mass is 10.1. The van der Waals surface area contributed by atoms with Crippen LogP contribution in [0.5, 0.6) is 0 Å². The third-order valence-corrected chi connectivity index (χ3v) is 3.81. The summed E-state index contributed by atoms with van der Waals surface area (Å²) in [6.07, 6.45) is 3.59. The van der Waals surface area contributed by atoms with Gasteiger partial charge in [-0.15, -0.1) is 0 Å². The number of aromatic nitrogens is 1. The Hall–Kier alpha value is -1.09. The maximum absolute atomic E-state index is 9.17. The minimum absolute atomic E-state index is 0.146. The molecule has 2 N–H and O–H groups in total. The second-order valence-electron chi connectivity index (χ2n) is 3.75. The largest absolute Gasteiger partial charge is 0.395 e. The van der Waals surface area contributed by atoms with Crippen LogP contribution in [-0.2, 0) is 6.54 Å². The van der Waals surface area contributed by atoms with Gasteiger partial charge in [0.25, 0.3) is 0 Å². The van der Waals surface area contributed by atoms with Crippen LogP contribution in [0.25, 0.3) is 0 Å². The number of aliphatic hydroxyl groups is 1. The van der Waals surface area contributed by atoms with Crippen molar-refractivity contribution in [1.29, 1.82) is 5.26 Å². The molecule has 1 heterocycles. The van der Waals surface area contributed by atoms with Gasteiger partial charge in [0.15, 0.2) is 0 Å². The van der Waals surface area contributed by atoms with Crippen molar-refractivity contribution >= 4 is 11.8 Å². The van der Waals surface area contributed by atoms with Gasteiger partial charge in [0, 0.05) is 29.6 Å². The Balaban J connectivity index is 2.58. The van der Waals surface area contributed by atoms with E-state index in [9.17, 15) is 0 Å². The van der Waals surface area contributed by atoms with E-state index in [-0.39, 0.29) is 17.9 Å². The zero-order valence-electron chi connectivity index (χ0n) is 10.1. The maximum Gasteiger partial charge on any atom is 0.144 e. The number of pyridine rings is 1. The molecule has 0 amide bonds. The zero-order chi connectivity index (χ0) is 12.7. The molecule has 0 aliphatic carbocycles. The van der Waals surface area contributed by atoms with E-state index in [0.29, 0.717) is 12.2 Å². The predicted molar refractivity (Wildman–Crippen MR) is 69.6 cm³/mol. The lowest BCUT2D eigenvalue weighted by molar-refractivity contribution is 0.276. The minimum Gasteiger partial charge on any atom is -0.395 e. The van der Waals surface area contributed by atoms with E-state index in [0.717, 1.165) is 5.56 Å². The monoisotopic (exact) mass is 251 g/mol. The normalized spacial score (nSPS) is 14.0. The molecule has 2 atom stereocenters. The number of thioether (sulfide) groups is 1. The number of rotatable bonds is 6. The molecule has 92 valence electrons. The highest BCUT2D eigenvalue weighted by Gasteiger charge is 2.14. The molecule has 0 fully saturated rings. The Kier molecular flexibility index (Phi) is 5.98.